The highest BCUT2D eigenvalue weighted by atomic mass is 35.5. The predicted octanol–water partition coefficient (Wildman–Crippen LogP) is 3.64. The van der Waals surface area contributed by atoms with Gasteiger partial charge in [0, 0.05) is 6.54 Å². The molecule has 0 fully saturated rings. The quantitative estimate of drug-likeness (QED) is 0.922. The molecule has 0 radical (unpaired) electrons. The maximum absolute atomic E-state index is 9.40. The van der Waals surface area contributed by atoms with E-state index in [2.05, 4.69) is 23.5 Å². The van der Waals surface area contributed by atoms with Gasteiger partial charge in [-0.1, -0.05) is 60.7 Å². The van der Waals surface area contributed by atoms with Gasteiger partial charge in [-0.25, -0.2) is 0 Å². The van der Waals surface area contributed by atoms with Crippen molar-refractivity contribution in [2.24, 2.45) is 0 Å². The van der Waals surface area contributed by atoms with E-state index >= 15 is 0 Å². The lowest BCUT2D eigenvalue weighted by molar-refractivity contribution is 0.464. The lowest BCUT2D eigenvalue weighted by atomic mass is 9.93. The Labute approximate surface area is 120 Å². The largest absolute Gasteiger partial charge is 0.292 e. The van der Waals surface area contributed by atoms with Gasteiger partial charge in [0.15, 0.2) is 0 Å². The number of nitriles is 1. The van der Waals surface area contributed by atoms with Crippen LogP contribution in [0.4, 0.5) is 0 Å². The second-order valence-electron chi connectivity index (χ2n) is 4.44. The predicted molar refractivity (Wildman–Crippen MR) is 79.9 cm³/mol. The number of benzene rings is 2. The van der Waals surface area contributed by atoms with Crippen LogP contribution in [0.15, 0.2) is 60.7 Å². The zero-order chi connectivity index (χ0) is 12.8. The first kappa shape index (κ1) is 15.2. The maximum atomic E-state index is 9.40. The van der Waals surface area contributed by atoms with Crippen LogP contribution in [0.5, 0.6) is 0 Å². The normalized spacial score (nSPS) is 12.8. The number of halogens is 1. The van der Waals surface area contributed by atoms with Crippen molar-refractivity contribution in [1.82, 2.24) is 5.32 Å². The highest BCUT2D eigenvalue weighted by Gasteiger charge is 2.24. The van der Waals surface area contributed by atoms with Crippen LogP contribution in [0.1, 0.15) is 18.1 Å². The SMILES string of the molecule is CC(C#N)(NCc1ccccc1)c1ccccc1.Cl. The summed E-state index contributed by atoms with van der Waals surface area (Å²) in [6.07, 6.45) is 0. The number of hydrogen-bond donors (Lipinski definition) is 1. The van der Waals surface area contributed by atoms with Gasteiger partial charge in [-0.3, -0.25) is 5.32 Å². The fraction of sp³-hybridized carbons (Fsp3) is 0.188. The molecule has 0 aliphatic rings. The van der Waals surface area contributed by atoms with E-state index in [-0.39, 0.29) is 12.4 Å². The molecule has 0 aliphatic carbocycles. The minimum Gasteiger partial charge on any atom is -0.292 e. The standard InChI is InChI=1S/C16H16N2.ClH/c1-16(13-17,15-10-6-3-7-11-15)18-12-14-8-4-2-5-9-14;/h2-11,18H,12H2,1H3;1H. The van der Waals surface area contributed by atoms with Crippen LogP contribution in [0.25, 0.3) is 0 Å². The molecular weight excluding hydrogens is 256 g/mol. The van der Waals surface area contributed by atoms with Crippen LogP contribution in [-0.2, 0) is 12.1 Å². The summed E-state index contributed by atoms with van der Waals surface area (Å²) in [4.78, 5) is 0. The van der Waals surface area contributed by atoms with Crippen molar-refractivity contribution in [3.8, 4) is 6.07 Å². The van der Waals surface area contributed by atoms with E-state index in [9.17, 15) is 5.26 Å². The molecule has 1 N–H and O–H groups in total. The first-order chi connectivity index (χ1) is 8.74. The van der Waals surface area contributed by atoms with Crippen molar-refractivity contribution in [3.05, 3.63) is 71.8 Å². The van der Waals surface area contributed by atoms with Crippen LogP contribution < -0.4 is 5.32 Å². The van der Waals surface area contributed by atoms with E-state index < -0.39 is 5.54 Å². The van der Waals surface area contributed by atoms with Crippen molar-refractivity contribution in [2.45, 2.75) is 19.0 Å². The van der Waals surface area contributed by atoms with E-state index in [0.29, 0.717) is 6.54 Å². The third-order valence-electron chi connectivity index (χ3n) is 3.06. The molecule has 2 aromatic rings. The Morgan fingerprint density at radius 1 is 1.00 bits per heavy atom. The Morgan fingerprint density at radius 3 is 2.05 bits per heavy atom. The van der Waals surface area contributed by atoms with Crippen molar-refractivity contribution >= 4 is 12.4 Å². The average molecular weight is 273 g/mol. The van der Waals surface area contributed by atoms with Gasteiger partial charge in [-0.15, -0.1) is 12.4 Å². The van der Waals surface area contributed by atoms with E-state index in [0.717, 1.165) is 5.56 Å². The fourth-order valence-corrected chi connectivity index (χ4v) is 1.85. The summed E-state index contributed by atoms with van der Waals surface area (Å²) in [5.74, 6) is 0. The molecule has 3 heteroatoms. The van der Waals surface area contributed by atoms with Crippen molar-refractivity contribution in [1.29, 1.82) is 5.26 Å². The summed E-state index contributed by atoms with van der Waals surface area (Å²) >= 11 is 0. The molecule has 1 atom stereocenters. The Kier molecular flexibility index (Phi) is 5.57. The molecule has 98 valence electrons. The third-order valence-corrected chi connectivity index (χ3v) is 3.06. The van der Waals surface area contributed by atoms with Crippen LogP contribution in [0.2, 0.25) is 0 Å². The average Bonchev–Trinajstić information content (AvgIpc) is 2.47. The summed E-state index contributed by atoms with van der Waals surface area (Å²) in [6, 6.07) is 22.3. The van der Waals surface area contributed by atoms with E-state index in [1.165, 1.54) is 5.56 Å². The van der Waals surface area contributed by atoms with Gasteiger partial charge < -0.3 is 0 Å². The van der Waals surface area contributed by atoms with Crippen molar-refractivity contribution < 1.29 is 0 Å². The van der Waals surface area contributed by atoms with Crippen LogP contribution in [-0.4, -0.2) is 0 Å². The molecule has 2 aromatic carbocycles. The van der Waals surface area contributed by atoms with Crippen LogP contribution >= 0.6 is 12.4 Å². The molecule has 1 unspecified atom stereocenters. The second-order valence-corrected chi connectivity index (χ2v) is 4.44. The number of nitrogens with one attached hydrogen (secondary N) is 1. The lowest BCUT2D eigenvalue weighted by Crippen LogP contribution is -2.37. The molecule has 0 aliphatic heterocycles. The summed E-state index contributed by atoms with van der Waals surface area (Å²) in [5.41, 5.74) is 1.51. The molecule has 0 bridgehead atoms. The molecule has 0 saturated heterocycles. The van der Waals surface area contributed by atoms with Gasteiger partial charge in [-0.05, 0) is 18.1 Å². The van der Waals surface area contributed by atoms with Gasteiger partial charge in [0.1, 0.15) is 5.54 Å². The minimum absolute atomic E-state index is 0. The molecule has 2 rings (SSSR count). The molecule has 0 heterocycles. The Hall–Kier alpha value is -1.82. The summed E-state index contributed by atoms with van der Waals surface area (Å²) in [5, 5.41) is 12.7. The van der Waals surface area contributed by atoms with E-state index in [1.54, 1.807) is 0 Å². The van der Waals surface area contributed by atoms with Crippen LogP contribution in [0, 0.1) is 11.3 Å². The van der Waals surface area contributed by atoms with Crippen molar-refractivity contribution in [3.63, 3.8) is 0 Å². The number of nitrogens with zero attached hydrogens (tertiary/aromatic N) is 1. The van der Waals surface area contributed by atoms with Gasteiger partial charge in [-0.2, -0.15) is 5.26 Å². The third kappa shape index (κ3) is 3.82. The van der Waals surface area contributed by atoms with E-state index in [1.807, 2.05) is 55.5 Å². The van der Waals surface area contributed by atoms with Gasteiger partial charge >= 0.3 is 0 Å². The molecular formula is C16H17ClN2. The molecule has 19 heavy (non-hydrogen) atoms. The highest BCUT2D eigenvalue weighted by molar-refractivity contribution is 5.85. The first-order valence-corrected chi connectivity index (χ1v) is 6.00. The second kappa shape index (κ2) is 6.94. The summed E-state index contributed by atoms with van der Waals surface area (Å²) < 4.78 is 0. The van der Waals surface area contributed by atoms with E-state index in [4.69, 9.17) is 0 Å². The molecule has 0 amide bonds. The molecule has 0 spiro atoms. The van der Waals surface area contributed by atoms with Crippen molar-refractivity contribution in [2.75, 3.05) is 0 Å². The lowest BCUT2D eigenvalue weighted by Gasteiger charge is -2.23. The summed E-state index contributed by atoms with van der Waals surface area (Å²) in [7, 11) is 0. The Morgan fingerprint density at radius 2 is 1.53 bits per heavy atom. The Balaban J connectivity index is 0.00000180. The maximum Gasteiger partial charge on any atom is 0.129 e. The zero-order valence-electron chi connectivity index (χ0n) is 10.8. The zero-order valence-corrected chi connectivity index (χ0v) is 11.7. The van der Waals surface area contributed by atoms with Gasteiger partial charge in [0.05, 0.1) is 6.07 Å². The number of hydrogen-bond acceptors (Lipinski definition) is 2. The highest BCUT2D eigenvalue weighted by Crippen LogP contribution is 2.20. The molecule has 0 aromatic heterocycles. The minimum atomic E-state index is -0.656. The van der Waals surface area contributed by atoms with Gasteiger partial charge in [0.2, 0.25) is 0 Å². The number of rotatable bonds is 4. The smallest absolute Gasteiger partial charge is 0.129 e. The topological polar surface area (TPSA) is 35.8 Å². The first-order valence-electron chi connectivity index (χ1n) is 6.00. The molecule has 0 saturated carbocycles. The summed E-state index contributed by atoms with van der Waals surface area (Å²) in [6.45, 7) is 2.59. The Bertz CT molecular complexity index is 534. The van der Waals surface area contributed by atoms with Crippen LogP contribution in [0.3, 0.4) is 0 Å². The van der Waals surface area contributed by atoms with Gasteiger partial charge in [0.25, 0.3) is 0 Å². The fourth-order valence-electron chi connectivity index (χ4n) is 1.85. The monoisotopic (exact) mass is 272 g/mol. The molecule has 2 nitrogen and oxygen atoms in total.